The predicted molar refractivity (Wildman–Crippen MR) is 101 cm³/mol. The number of benzene rings is 2. The lowest BCUT2D eigenvalue weighted by Gasteiger charge is -2.23. The minimum absolute atomic E-state index is 0.0275. The van der Waals surface area contributed by atoms with Gasteiger partial charge in [0.15, 0.2) is 11.6 Å². The van der Waals surface area contributed by atoms with Crippen LogP contribution in [0.5, 0.6) is 0 Å². The molecule has 5 nitrogen and oxygen atoms in total. The van der Waals surface area contributed by atoms with Crippen LogP contribution in [0.4, 0.5) is 24.8 Å². The largest absolute Gasteiger partial charge is 0.416 e. The molecule has 1 aromatic heterocycles. The van der Waals surface area contributed by atoms with Crippen LogP contribution in [-0.4, -0.2) is 36.0 Å². The Bertz CT molecular complexity index is 1050. The molecule has 2 aromatic carbocycles. The van der Waals surface area contributed by atoms with Crippen molar-refractivity contribution in [3.05, 3.63) is 59.7 Å². The van der Waals surface area contributed by atoms with Crippen LogP contribution in [-0.2, 0) is 6.18 Å². The van der Waals surface area contributed by atoms with Gasteiger partial charge in [-0.1, -0.05) is 18.2 Å². The Labute approximate surface area is 159 Å². The maximum absolute atomic E-state index is 13.1. The number of fused-ring (bicyclic) bond motifs is 2. The Morgan fingerprint density at radius 1 is 0.964 bits per heavy atom. The SMILES string of the molecule is CN1CCCN(C(=O)c2cccc(C(F)(F)F)c2)c2nc3ccccc3nc21. The lowest BCUT2D eigenvalue weighted by molar-refractivity contribution is -0.137. The second kappa shape index (κ2) is 6.78. The molecule has 0 fully saturated rings. The van der Waals surface area contributed by atoms with Gasteiger partial charge in [0, 0.05) is 25.7 Å². The van der Waals surface area contributed by atoms with Crippen LogP contribution in [0.15, 0.2) is 48.5 Å². The van der Waals surface area contributed by atoms with Crippen molar-refractivity contribution >= 4 is 28.6 Å². The molecule has 4 rings (SSSR count). The van der Waals surface area contributed by atoms with Gasteiger partial charge < -0.3 is 4.90 Å². The smallest absolute Gasteiger partial charge is 0.357 e. The first-order valence-electron chi connectivity index (χ1n) is 8.81. The third-order valence-corrected chi connectivity index (χ3v) is 4.71. The van der Waals surface area contributed by atoms with Gasteiger partial charge in [0.25, 0.3) is 5.91 Å². The van der Waals surface area contributed by atoms with Gasteiger partial charge in [0.2, 0.25) is 0 Å². The molecule has 0 saturated carbocycles. The molecular weight excluding hydrogens is 369 g/mol. The van der Waals surface area contributed by atoms with Gasteiger partial charge in [0.1, 0.15) is 0 Å². The van der Waals surface area contributed by atoms with E-state index in [0.29, 0.717) is 42.2 Å². The second-order valence-electron chi connectivity index (χ2n) is 6.67. The lowest BCUT2D eigenvalue weighted by Crippen LogP contribution is -2.32. The van der Waals surface area contributed by atoms with Crippen LogP contribution in [0.25, 0.3) is 11.0 Å². The van der Waals surface area contributed by atoms with Gasteiger partial charge in [0.05, 0.1) is 16.6 Å². The van der Waals surface area contributed by atoms with Gasteiger partial charge >= 0.3 is 6.18 Å². The Morgan fingerprint density at radius 3 is 2.32 bits per heavy atom. The highest BCUT2D eigenvalue weighted by molar-refractivity contribution is 6.07. The summed E-state index contributed by atoms with van der Waals surface area (Å²) in [6.07, 6.45) is -3.86. The molecule has 0 atom stereocenters. The van der Waals surface area contributed by atoms with Crippen molar-refractivity contribution in [1.29, 1.82) is 0 Å². The second-order valence-corrected chi connectivity index (χ2v) is 6.67. The Hall–Kier alpha value is -3.16. The fraction of sp³-hybridized carbons (Fsp3) is 0.250. The maximum Gasteiger partial charge on any atom is 0.416 e. The molecule has 1 amide bonds. The fourth-order valence-corrected chi connectivity index (χ4v) is 3.28. The minimum atomic E-state index is -4.51. The fourth-order valence-electron chi connectivity index (χ4n) is 3.28. The number of para-hydroxylation sites is 2. The molecule has 0 unspecified atom stereocenters. The molecule has 1 aliphatic rings. The number of hydrogen-bond acceptors (Lipinski definition) is 4. The maximum atomic E-state index is 13.1. The number of anilines is 2. The lowest BCUT2D eigenvalue weighted by atomic mass is 10.1. The van der Waals surface area contributed by atoms with Crippen molar-refractivity contribution in [3.63, 3.8) is 0 Å². The molecule has 0 N–H and O–H groups in total. The van der Waals surface area contributed by atoms with E-state index in [9.17, 15) is 18.0 Å². The summed E-state index contributed by atoms with van der Waals surface area (Å²) in [5.41, 5.74) is 0.440. The van der Waals surface area contributed by atoms with E-state index in [4.69, 9.17) is 0 Å². The molecule has 0 saturated heterocycles. The number of hydrogen-bond donors (Lipinski definition) is 0. The van der Waals surface area contributed by atoms with Gasteiger partial charge in [-0.2, -0.15) is 13.2 Å². The Balaban J connectivity index is 1.81. The topological polar surface area (TPSA) is 49.3 Å². The number of alkyl halides is 3. The molecular formula is C20H17F3N4O. The number of carbonyl (C=O) groups excluding carboxylic acids is 1. The summed E-state index contributed by atoms with van der Waals surface area (Å²) in [5, 5.41) is 0. The van der Waals surface area contributed by atoms with Gasteiger partial charge in [-0.15, -0.1) is 0 Å². The molecule has 28 heavy (non-hydrogen) atoms. The third-order valence-electron chi connectivity index (χ3n) is 4.71. The highest BCUT2D eigenvalue weighted by Crippen LogP contribution is 2.33. The minimum Gasteiger partial charge on any atom is -0.357 e. The first-order chi connectivity index (χ1) is 13.3. The van der Waals surface area contributed by atoms with Crippen molar-refractivity contribution < 1.29 is 18.0 Å². The summed E-state index contributed by atoms with van der Waals surface area (Å²) in [6.45, 7) is 1.01. The van der Waals surface area contributed by atoms with E-state index < -0.39 is 17.6 Å². The number of amides is 1. The molecule has 0 bridgehead atoms. The van der Waals surface area contributed by atoms with E-state index in [2.05, 4.69) is 9.97 Å². The summed E-state index contributed by atoms with van der Waals surface area (Å²) in [7, 11) is 1.86. The zero-order chi connectivity index (χ0) is 19.9. The normalized spacial score (nSPS) is 14.7. The summed E-state index contributed by atoms with van der Waals surface area (Å²) in [5.74, 6) is 0.380. The molecule has 3 aromatic rings. The van der Waals surface area contributed by atoms with Gasteiger partial charge in [-0.3, -0.25) is 9.69 Å². The molecule has 8 heteroatoms. The van der Waals surface area contributed by atoms with E-state index in [1.807, 2.05) is 30.1 Å². The van der Waals surface area contributed by atoms with Crippen LogP contribution in [0.1, 0.15) is 22.3 Å². The molecule has 2 heterocycles. The number of aromatic nitrogens is 2. The van der Waals surface area contributed by atoms with Crippen LogP contribution in [0, 0.1) is 0 Å². The summed E-state index contributed by atoms with van der Waals surface area (Å²) in [6, 6.07) is 11.8. The molecule has 144 valence electrons. The Morgan fingerprint density at radius 2 is 1.64 bits per heavy atom. The first kappa shape index (κ1) is 18.2. The number of carbonyl (C=O) groups is 1. The Kier molecular flexibility index (Phi) is 4.41. The van der Waals surface area contributed by atoms with Crippen LogP contribution < -0.4 is 9.80 Å². The molecule has 0 aliphatic carbocycles. The summed E-state index contributed by atoms with van der Waals surface area (Å²) >= 11 is 0. The third kappa shape index (κ3) is 3.26. The van der Waals surface area contributed by atoms with Gasteiger partial charge in [-0.05, 0) is 36.8 Å². The average molecular weight is 386 g/mol. The highest BCUT2D eigenvalue weighted by atomic mass is 19.4. The summed E-state index contributed by atoms with van der Waals surface area (Å²) < 4.78 is 39.1. The van der Waals surface area contributed by atoms with Crippen LogP contribution >= 0.6 is 0 Å². The average Bonchev–Trinajstić information content (AvgIpc) is 2.84. The van der Waals surface area contributed by atoms with Crippen molar-refractivity contribution in [2.75, 3.05) is 29.9 Å². The molecule has 0 radical (unpaired) electrons. The van der Waals surface area contributed by atoms with Crippen LogP contribution in [0.3, 0.4) is 0 Å². The number of rotatable bonds is 1. The zero-order valence-electron chi connectivity index (χ0n) is 15.1. The van der Waals surface area contributed by atoms with E-state index >= 15 is 0 Å². The molecule has 0 spiro atoms. The highest BCUT2D eigenvalue weighted by Gasteiger charge is 2.32. The van der Waals surface area contributed by atoms with Crippen molar-refractivity contribution in [2.24, 2.45) is 0 Å². The number of halogens is 3. The first-order valence-corrected chi connectivity index (χ1v) is 8.81. The van der Waals surface area contributed by atoms with Crippen LogP contribution in [0.2, 0.25) is 0 Å². The number of nitrogens with zero attached hydrogens (tertiary/aromatic N) is 4. The summed E-state index contributed by atoms with van der Waals surface area (Å²) in [4.78, 5) is 25.7. The van der Waals surface area contributed by atoms with E-state index in [0.717, 1.165) is 12.1 Å². The monoisotopic (exact) mass is 386 g/mol. The van der Waals surface area contributed by atoms with Gasteiger partial charge in [-0.25, -0.2) is 9.97 Å². The van der Waals surface area contributed by atoms with Crippen molar-refractivity contribution in [2.45, 2.75) is 12.6 Å². The van der Waals surface area contributed by atoms with Crippen molar-refractivity contribution in [3.8, 4) is 0 Å². The van der Waals surface area contributed by atoms with E-state index in [1.54, 1.807) is 6.07 Å². The standard InChI is InChI=1S/C20H17F3N4O/c1-26-10-5-11-27(18-17(26)24-15-8-2-3-9-16(15)25-18)19(28)13-6-4-7-14(12-13)20(21,22)23/h2-4,6-9,12H,5,10-11H2,1H3. The molecule has 1 aliphatic heterocycles. The quantitative estimate of drug-likeness (QED) is 0.631. The van der Waals surface area contributed by atoms with Crippen molar-refractivity contribution in [1.82, 2.24) is 9.97 Å². The van der Waals surface area contributed by atoms with E-state index in [-0.39, 0.29) is 5.56 Å². The zero-order valence-corrected chi connectivity index (χ0v) is 15.1. The predicted octanol–water partition coefficient (Wildman–Crippen LogP) is 4.14. The van der Waals surface area contributed by atoms with E-state index in [1.165, 1.54) is 17.0 Å².